The summed E-state index contributed by atoms with van der Waals surface area (Å²) < 4.78 is 15.4. The van der Waals surface area contributed by atoms with Crippen molar-refractivity contribution in [2.75, 3.05) is 7.05 Å². The number of halogens is 2. The molecule has 0 aliphatic carbocycles. The van der Waals surface area contributed by atoms with Gasteiger partial charge in [0, 0.05) is 23.4 Å². The van der Waals surface area contributed by atoms with Crippen LogP contribution >= 0.6 is 11.6 Å². The van der Waals surface area contributed by atoms with Crippen LogP contribution in [-0.2, 0) is 6.54 Å². The Balaban J connectivity index is 2.19. The molecule has 5 heteroatoms. The molecule has 0 aliphatic heterocycles. The van der Waals surface area contributed by atoms with Gasteiger partial charge in [0.05, 0.1) is 17.8 Å². The zero-order valence-electron chi connectivity index (χ0n) is 10.3. The first kappa shape index (κ1) is 13.1. The first-order valence-electron chi connectivity index (χ1n) is 5.74. The van der Waals surface area contributed by atoms with E-state index in [2.05, 4.69) is 10.4 Å². The molecule has 1 N–H and O–H groups in total. The van der Waals surface area contributed by atoms with Crippen molar-refractivity contribution in [3.63, 3.8) is 0 Å². The highest BCUT2D eigenvalue weighted by Crippen LogP contribution is 2.19. The molecular formula is C13H15ClFN3. The molecule has 0 aliphatic rings. The van der Waals surface area contributed by atoms with Crippen molar-refractivity contribution >= 4 is 11.6 Å². The van der Waals surface area contributed by atoms with Gasteiger partial charge in [0.15, 0.2) is 0 Å². The molecule has 0 amide bonds. The van der Waals surface area contributed by atoms with Crippen molar-refractivity contribution in [1.82, 2.24) is 15.1 Å². The predicted octanol–water partition coefficient (Wildman–Crippen LogP) is 3.00. The molecule has 3 nitrogen and oxygen atoms in total. The Bertz CT molecular complexity index is 539. The van der Waals surface area contributed by atoms with Gasteiger partial charge in [-0.1, -0.05) is 23.7 Å². The zero-order valence-corrected chi connectivity index (χ0v) is 11.1. The van der Waals surface area contributed by atoms with Crippen LogP contribution in [0.4, 0.5) is 4.39 Å². The topological polar surface area (TPSA) is 29.9 Å². The van der Waals surface area contributed by atoms with Crippen LogP contribution in [0.2, 0.25) is 5.02 Å². The number of benzene rings is 1. The van der Waals surface area contributed by atoms with Gasteiger partial charge in [-0.05, 0) is 20.0 Å². The maximum atomic E-state index is 13.7. The van der Waals surface area contributed by atoms with E-state index in [0.717, 1.165) is 5.56 Å². The highest BCUT2D eigenvalue weighted by molar-refractivity contribution is 6.30. The SMILES string of the molecule is CNC(C)c1cnn(Cc2cccc(Cl)c2F)c1. The zero-order chi connectivity index (χ0) is 13.1. The second-order valence-corrected chi connectivity index (χ2v) is 4.60. The lowest BCUT2D eigenvalue weighted by molar-refractivity contribution is 0.584. The number of nitrogens with zero attached hydrogens (tertiary/aromatic N) is 2. The molecule has 2 rings (SSSR count). The minimum Gasteiger partial charge on any atom is -0.313 e. The van der Waals surface area contributed by atoms with Crippen LogP contribution in [0.3, 0.4) is 0 Å². The molecule has 1 aromatic heterocycles. The highest BCUT2D eigenvalue weighted by atomic mass is 35.5. The van der Waals surface area contributed by atoms with Crippen molar-refractivity contribution in [3.05, 3.63) is 52.6 Å². The van der Waals surface area contributed by atoms with E-state index < -0.39 is 0 Å². The van der Waals surface area contributed by atoms with E-state index in [1.165, 1.54) is 6.07 Å². The minimum atomic E-state index is -0.377. The Morgan fingerprint density at radius 1 is 1.50 bits per heavy atom. The summed E-state index contributed by atoms with van der Waals surface area (Å²) in [6.45, 7) is 2.42. The molecule has 18 heavy (non-hydrogen) atoms. The molecule has 0 saturated carbocycles. The standard InChI is InChI=1S/C13H15ClFN3/c1-9(16-2)11-6-17-18(8-11)7-10-4-3-5-12(14)13(10)15/h3-6,8-9,16H,7H2,1-2H3. The van der Waals surface area contributed by atoms with Crippen LogP contribution in [0.25, 0.3) is 0 Å². The third kappa shape index (κ3) is 2.71. The van der Waals surface area contributed by atoms with E-state index in [1.54, 1.807) is 23.0 Å². The summed E-state index contributed by atoms with van der Waals surface area (Å²) in [6, 6.07) is 5.21. The van der Waals surface area contributed by atoms with E-state index in [1.807, 2.05) is 20.2 Å². The summed E-state index contributed by atoms with van der Waals surface area (Å²) in [5.74, 6) is -0.377. The molecule has 0 fully saturated rings. The van der Waals surface area contributed by atoms with Gasteiger partial charge in [-0.15, -0.1) is 0 Å². The quantitative estimate of drug-likeness (QED) is 0.923. The average molecular weight is 268 g/mol. The van der Waals surface area contributed by atoms with Crippen molar-refractivity contribution < 1.29 is 4.39 Å². The summed E-state index contributed by atoms with van der Waals surface area (Å²) in [5, 5.41) is 7.49. The molecule has 0 bridgehead atoms. The van der Waals surface area contributed by atoms with Gasteiger partial charge in [0.2, 0.25) is 0 Å². The fourth-order valence-corrected chi connectivity index (χ4v) is 1.90. The molecule has 96 valence electrons. The maximum Gasteiger partial charge on any atom is 0.146 e. The minimum absolute atomic E-state index is 0.142. The Kier molecular flexibility index (Phi) is 3.99. The Labute approximate surface area is 111 Å². The number of hydrogen-bond acceptors (Lipinski definition) is 2. The van der Waals surface area contributed by atoms with E-state index in [9.17, 15) is 4.39 Å². The van der Waals surface area contributed by atoms with Gasteiger partial charge in [-0.3, -0.25) is 4.68 Å². The molecule has 0 saturated heterocycles. The van der Waals surface area contributed by atoms with Crippen LogP contribution in [0.1, 0.15) is 24.1 Å². The van der Waals surface area contributed by atoms with Crippen molar-refractivity contribution in [1.29, 1.82) is 0 Å². The van der Waals surface area contributed by atoms with Crippen molar-refractivity contribution in [2.45, 2.75) is 19.5 Å². The van der Waals surface area contributed by atoms with Gasteiger partial charge >= 0.3 is 0 Å². The highest BCUT2D eigenvalue weighted by Gasteiger charge is 2.09. The average Bonchev–Trinajstić information content (AvgIpc) is 2.82. The summed E-state index contributed by atoms with van der Waals surface area (Å²) in [7, 11) is 1.89. The first-order chi connectivity index (χ1) is 8.61. The second-order valence-electron chi connectivity index (χ2n) is 4.19. The lowest BCUT2D eigenvalue weighted by atomic mass is 10.2. The van der Waals surface area contributed by atoms with Gasteiger partial charge in [0.25, 0.3) is 0 Å². The van der Waals surface area contributed by atoms with Crippen molar-refractivity contribution in [3.8, 4) is 0 Å². The lowest BCUT2D eigenvalue weighted by Gasteiger charge is -2.06. The molecular weight excluding hydrogens is 253 g/mol. The van der Waals surface area contributed by atoms with E-state index in [4.69, 9.17) is 11.6 Å². The van der Waals surface area contributed by atoms with Gasteiger partial charge in [0.1, 0.15) is 5.82 Å². The molecule has 1 heterocycles. The number of aromatic nitrogens is 2. The van der Waals surface area contributed by atoms with E-state index >= 15 is 0 Å². The Morgan fingerprint density at radius 2 is 2.28 bits per heavy atom. The van der Waals surface area contributed by atoms with Crippen molar-refractivity contribution in [2.24, 2.45) is 0 Å². The number of nitrogens with one attached hydrogen (secondary N) is 1. The molecule has 1 atom stereocenters. The van der Waals surface area contributed by atoms with Crippen LogP contribution in [0, 0.1) is 5.82 Å². The Hall–Kier alpha value is -1.39. The Morgan fingerprint density at radius 3 is 3.00 bits per heavy atom. The van der Waals surface area contributed by atoms with E-state index in [-0.39, 0.29) is 16.9 Å². The lowest BCUT2D eigenvalue weighted by Crippen LogP contribution is -2.11. The summed E-state index contributed by atoms with van der Waals surface area (Å²) in [6.07, 6.45) is 3.69. The van der Waals surface area contributed by atoms with Crippen LogP contribution in [0.15, 0.2) is 30.6 Å². The largest absolute Gasteiger partial charge is 0.313 e. The molecule has 2 aromatic rings. The first-order valence-corrected chi connectivity index (χ1v) is 6.12. The fourth-order valence-electron chi connectivity index (χ4n) is 1.70. The van der Waals surface area contributed by atoms with Gasteiger partial charge in [-0.2, -0.15) is 5.10 Å². The van der Waals surface area contributed by atoms with Crippen LogP contribution in [0.5, 0.6) is 0 Å². The maximum absolute atomic E-state index is 13.7. The molecule has 1 unspecified atom stereocenters. The predicted molar refractivity (Wildman–Crippen MR) is 70.2 cm³/mol. The third-order valence-electron chi connectivity index (χ3n) is 2.95. The molecule has 0 radical (unpaired) electrons. The van der Waals surface area contributed by atoms with Crippen LogP contribution in [-0.4, -0.2) is 16.8 Å². The van der Waals surface area contributed by atoms with Gasteiger partial charge < -0.3 is 5.32 Å². The summed E-state index contributed by atoms with van der Waals surface area (Å²) >= 11 is 5.74. The fraction of sp³-hybridized carbons (Fsp3) is 0.308. The molecule has 0 spiro atoms. The van der Waals surface area contributed by atoms with Crippen LogP contribution < -0.4 is 5.32 Å². The smallest absolute Gasteiger partial charge is 0.146 e. The monoisotopic (exact) mass is 267 g/mol. The summed E-state index contributed by atoms with van der Waals surface area (Å²) in [5.41, 5.74) is 1.61. The third-order valence-corrected chi connectivity index (χ3v) is 3.24. The molecule has 1 aromatic carbocycles. The second kappa shape index (κ2) is 5.50. The summed E-state index contributed by atoms with van der Waals surface area (Å²) in [4.78, 5) is 0. The van der Waals surface area contributed by atoms with E-state index in [0.29, 0.717) is 12.1 Å². The number of rotatable bonds is 4. The number of hydrogen-bond donors (Lipinski definition) is 1. The normalized spacial score (nSPS) is 12.7. The van der Waals surface area contributed by atoms with Gasteiger partial charge in [-0.25, -0.2) is 4.39 Å².